The summed E-state index contributed by atoms with van der Waals surface area (Å²) in [5.74, 6) is 0.741. The van der Waals surface area contributed by atoms with E-state index in [2.05, 4.69) is 31.5 Å². The lowest BCUT2D eigenvalue weighted by Gasteiger charge is -2.44. The Bertz CT molecular complexity index is 732. The summed E-state index contributed by atoms with van der Waals surface area (Å²) in [6, 6.07) is 0.380. The highest BCUT2D eigenvalue weighted by Crippen LogP contribution is 2.24. The maximum Gasteiger partial charge on any atom is 0.411 e. The lowest BCUT2D eigenvalue weighted by Crippen LogP contribution is -2.76. The van der Waals surface area contributed by atoms with E-state index in [9.17, 15) is 21.9 Å². The quantitative estimate of drug-likeness (QED) is 0.269. The summed E-state index contributed by atoms with van der Waals surface area (Å²) in [5.41, 5.74) is 0. The minimum absolute atomic E-state index is 0.0264. The van der Waals surface area contributed by atoms with Crippen molar-refractivity contribution in [3.05, 3.63) is 0 Å². The predicted octanol–water partition coefficient (Wildman–Crippen LogP) is 0.671. The monoisotopic (exact) mass is 541 g/mol. The van der Waals surface area contributed by atoms with Crippen LogP contribution in [0.4, 0.5) is 13.2 Å². The van der Waals surface area contributed by atoms with Crippen molar-refractivity contribution in [2.75, 3.05) is 45.6 Å². The summed E-state index contributed by atoms with van der Waals surface area (Å²) in [5, 5.41) is 16.7. The van der Waals surface area contributed by atoms with Gasteiger partial charge in [-0.2, -0.15) is 13.2 Å². The molecule has 0 spiro atoms. The largest absolute Gasteiger partial charge is 0.598 e. The number of piperidine rings is 1. The van der Waals surface area contributed by atoms with Gasteiger partial charge < -0.3 is 14.6 Å². The Labute approximate surface area is 213 Å². The van der Waals surface area contributed by atoms with Gasteiger partial charge in [0.1, 0.15) is 35.8 Å². The van der Waals surface area contributed by atoms with E-state index in [1.807, 2.05) is 0 Å². The molecule has 5 unspecified atom stereocenters. The van der Waals surface area contributed by atoms with Gasteiger partial charge in [-0.15, -0.1) is 4.31 Å². The summed E-state index contributed by atoms with van der Waals surface area (Å²) < 4.78 is 68.6. The number of nitrogens with zero attached hydrogens (tertiary/aromatic N) is 2. The SMILES string of the molecule is C[S+](=O)([O-])N1CCC(NC2NC(OCC(F)(F)F)NC(N3CCC(NCC4CCCCC4)C3)N2)CC1. The summed E-state index contributed by atoms with van der Waals surface area (Å²) in [6.07, 6.45) is 3.71. The fourth-order valence-electron chi connectivity index (χ4n) is 5.68. The average Bonchev–Trinajstić information content (AvgIpc) is 3.31. The Morgan fingerprint density at radius 2 is 1.69 bits per heavy atom. The third-order valence-electron chi connectivity index (χ3n) is 7.70. The van der Waals surface area contributed by atoms with Crippen molar-refractivity contribution in [3.63, 3.8) is 0 Å². The molecule has 0 aromatic rings. The van der Waals surface area contributed by atoms with Gasteiger partial charge in [0.25, 0.3) is 0 Å². The molecule has 0 aromatic heterocycles. The number of likely N-dealkylation sites (tertiary alicyclic amines) is 1. The molecule has 5 atom stereocenters. The second kappa shape index (κ2) is 12.6. The minimum atomic E-state index is -4.42. The van der Waals surface area contributed by atoms with E-state index in [0.29, 0.717) is 32.0 Å². The Hall–Kier alpha value is -0.420. The molecule has 4 aliphatic rings. The highest BCUT2D eigenvalue weighted by molar-refractivity contribution is 7.94. The number of nitrogens with one attached hydrogen (secondary N) is 5. The van der Waals surface area contributed by atoms with E-state index in [1.54, 1.807) is 0 Å². The first-order valence-electron chi connectivity index (χ1n) is 13.2. The topological polar surface area (TPSA) is 116 Å². The lowest BCUT2D eigenvalue weighted by molar-refractivity contribution is -0.201. The van der Waals surface area contributed by atoms with Crippen molar-refractivity contribution >= 4 is 10.4 Å². The van der Waals surface area contributed by atoms with Crippen molar-refractivity contribution in [1.29, 1.82) is 0 Å². The highest BCUT2D eigenvalue weighted by atomic mass is 32.3. The molecule has 210 valence electrons. The van der Waals surface area contributed by atoms with Crippen LogP contribution < -0.4 is 26.6 Å². The predicted molar refractivity (Wildman–Crippen MR) is 130 cm³/mol. The Morgan fingerprint density at radius 1 is 1.00 bits per heavy atom. The zero-order valence-electron chi connectivity index (χ0n) is 21.0. The fraction of sp³-hybridized carbons (Fsp3) is 1.00. The third kappa shape index (κ3) is 8.82. The van der Waals surface area contributed by atoms with Crippen molar-refractivity contribution in [3.8, 4) is 0 Å². The summed E-state index contributed by atoms with van der Waals surface area (Å²) >= 11 is 0. The van der Waals surface area contributed by atoms with Gasteiger partial charge >= 0.3 is 6.18 Å². The molecular weight excluding hydrogens is 499 g/mol. The van der Waals surface area contributed by atoms with Gasteiger partial charge in [0.05, 0.1) is 0 Å². The first kappa shape index (κ1) is 28.6. The van der Waals surface area contributed by atoms with Crippen LogP contribution in [0.15, 0.2) is 0 Å². The first-order chi connectivity index (χ1) is 17.0. The molecule has 0 amide bonds. The van der Waals surface area contributed by atoms with Gasteiger partial charge in [0.15, 0.2) is 6.35 Å². The molecule has 14 heteroatoms. The van der Waals surface area contributed by atoms with Crippen LogP contribution in [0.3, 0.4) is 0 Å². The van der Waals surface area contributed by atoms with E-state index >= 15 is 0 Å². The third-order valence-corrected chi connectivity index (χ3v) is 9.00. The molecule has 0 bridgehead atoms. The van der Waals surface area contributed by atoms with Crippen LogP contribution in [0.2, 0.25) is 0 Å². The zero-order chi connectivity index (χ0) is 25.8. The van der Waals surface area contributed by atoms with Crippen LogP contribution >= 0.6 is 0 Å². The van der Waals surface area contributed by atoms with Crippen LogP contribution in [0.25, 0.3) is 0 Å². The summed E-state index contributed by atoms with van der Waals surface area (Å²) in [7, 11) is -3.22. The van der Waals surface area contributed by atoms with Gasteiger partial charge in [-0.1, -0.05) is 23.5 Å². The summed E-state index contributed by atoms with van der Waals surface area (Å²) in [4.78, 5) is 2.20. The highest BCUT2D eigenvalue weighted by Gasteiger charge is 2.38. The summed E-state index contributed by atoms with van der Waals surface area (Å²) in [6.45, 7) is 2.12. The second-order valence-corrected chi connectivity index (χ2v) is 12.6. The van der Waals surface area contributed by atoms with Crippen LogP contribution in [0.5, 0.6) is 0 Å². The van der Waals surface area contributed by atoms with Crippen LogP contribution in [-0.4, -0.2) is 96.5 Å². The molecule has 4 fully saturated rings. The number of hydrogen-bond acceptors (Lipinski definition) is 9. The number of rotatable bonds is 9. The maximum absolute atomic E-state index is 12.8. The van der Waals surface area contributed by atoms with Gasteiger partial charge in [0, 0.05) is 38.3 Å². The van der Waals surface area contributed by atoms with Crippen LogP contribution in [0, 0.1) is 5.92 Å². The number of alkyl halides is 3. The molecule has 0 aromatic carbocycles. The van der Waals surface area contributed by atoms with Gasteiger partial charge in [-0.05, 0) is 44.6 Å². The van der Waals surface area contributed by atoms with Crippen molar-refractivity contribution < 1.29 is 26.7 Å². The smallest absolute Gasteiger partial charge is 0.411 e. The van der Waals surface area contributed by atoms with Gasteiger partial charge in [-0.25, -0.2) is 0 Å². The van der Waals surface area contributed by atoms with E-state index in [-0.39, 0.29) is 12.3 Å². The molecule has 5 N–H and O–H groups in total. The van der Waals surface area contributed by atoms with Crippen LogP contribution in [0.1, 0.15) is 51.4 Å². The Morgan fingerprint density at radius 3 is 2.36 bits per heavy atom. The van der Waals surface area contributed by atoms with E-state index < -0.39 is 35.8 Å². The number of halogens is 3. The molecule has 1 aliphatic carbocycles. The standard InChI is InChI=1S/C22H42F3N7O3S/c1-36(33,34)32-11-8-17(9-12-32)27-19-28-20(30-21(29-19)35-15-22(23,24)25)31-10-7-18(14-31)26-13-16-5-3-2-4-6-16/h16-21,26-30H,2-15H2,1H3. The average molecular weight is 542 g/mol. The molecule has 4 rings (SSSR count). The molecule has 3 aliphatic heterocycles. The van der Waals surface area contributed by atoms with E-state index in [4.69, 9.17) is 4.74 Å². The molecule has 3 saturated heterocycles. The second-order valence-electron chi connectivity index (χ2n) is 10.6. The first-order valence-corrected chi connectivity index (χ1v) is 15.0. The molecule has 10 nitrogen and oxygen atoms in total. The molecule has 36 heavy (non-hydrogen) atoms. The van der Waals surface area contributed by atoms with Crippen molar-refractivity contribution in [2.24, 2.45) is 5.92 Å². The molecular formula is C22H42F3N7O3S. The lowest BCUT2D eigenvalue weighted by atomic mass is 9.89. The molecule has 3 heterocycles. The normalized spacial score (nSPS) is 34.1. The number of hydrogen-bond donors (Lipinski definition) is 5. The maximum atomic E-state index is 12.8. The Kier molecular flexibility index (Phi) is 10.0. The van der Waals surface area contributed by atoms with Gasteiger partial charge in [-0.3, -0.25) is 26.2 Å². The van der Waals surface area contributed by atoms with Crippen LogP contribution in [-0.2, 0) is 19.3 Å². The fourth-order valence-corrected chi connectivity index (χ4v) is 6.56. The molecule has 1 saturated carbocycles. The number of ether oxygens (including phenoxy) is 1. The van der Waals surface area contributed by atoms with Crippen molar-refractivity contribution in [2.45, 2.75) is 88.6 Å². The molecule has 0 radical (unpaired) electrons. The van der Waals surface area contributed by atoms with Gasteiger partial charge in [0.2, 0.25) is 0 Å². The van der Waals surface area contributed by atoms with Crippen molar-refractivity contribution in [1.82, 2.24) is 35.8 Å². The Balaban J connectivity index is 1.29. The van der Waals surface area contributed by atoms with E-state index in [0.717, 1.165) is 32.0 Å². The van der Waals surface area contributed by atoms with E-state index in [1.165, 1.54) is 42.7 Å². The zero-order valence-corrected chi connectivity index (χ0v) is 21.8. The minimum Gasteiger partial charge on any atom is -0.598 e. The number of sulfonamides is 1.